The summed E-state index contributed by atoms with van der Waals surface area (Å²) in [6.07, 6.45) is -0.213. The fourth-order valence-electron chi connectivity index (χ4n) is 6.53. The zero-order valence-corrected chi connectivity index (χ0v) is 21.2. The van der Waals surface area contributed by atoms with Crippen molar-refractivity contribution < 1.29 is 27.5 Å². The first kappa shape index (κ1) is 24.9. The summed E-state index contributed by atoms with van der Waals surface area (Å²) >= 11 is 0. The number of nitrogens with one attached hydrogen (secondary N) is 2. The van der Waals surface area contributed by atoms with E-state index in [1.165, 1.54) is 0 Å². The summed E-state index contributed by atoms with van der Waals surface area (Å²) in [6, 6.07) is 15.8. The van der Waals surface area contributed by atoms with Gasteiger partial charge in [-0.3, -0.25) is 9.59 Å². The van der Waals surface area contributed by atoms with E-state index in [0.29, 0.717) is 18.7 Å². The molecule has 2 N–H and O–H groups in total. The Kier molecular flexibility index (Phi) is 6.34. The lowest BCUT2D eigenvalue weighted by Gasteiger charge is -2.42. The molecule has 1 aromatic heterocycles. The van der Waals surface area contributed by atoms with Crippen LogP contribution < -0.4 is 10.6 Å². The van der Waals surface area contributed by atoms with Gasteiger partial charge in [-0.15, -0.1) is 0 Å². The minimum atomic E-state index is -2.97. The Morgan fingerprint density at radius 3 is 2.76 bits per heavy atom. The van der Waals surface area contributed by atoms with Crippen molar-refractivity contribution in [3.63, 3.8) is 0 Å². The third kappa shape index (κ3) is 4.42. The highest BCUT2D eigenvalue weighted by Crippen LogP contribution is 2.48. The molecule has 3 aromatic rings. The number of hydrogen-bond acceptors (Lipinski definition) is 5. The van der Waals surface area contributed by atoms with Crippen molar-refractivity contribution in [3.8, 4) is 0 Å². The van der Waals surface area contributed by atoms with Gasteiger partial charge in [-0.25, -0.2) is 8.78 Å². The minimum absolute atomic E-state index is 0.00841. The molecule has 2 aliphatic heterocycles. The molecule has 2 fully saturated rings. The molecule has 0 spiro atoms. The quantitative estimate of drug-likeness (QED) is 0.492. The average Bonchev–Trinajstić information content (AvgIpc) is 3.55. The lowest BCUT2D eigenvalue weighted by atomic mass is 9.79. The Labute approximate surface area is 219 Å². The van der Waals surface area contributed by atoms with E-state index in [1.54, 1.807) is 24.1 Å². The summed E-state index contributed by atoms with van der Waals surface area (Å²) in [5.41, 5.74) is 2.49. The smallest absolute Gasteiger partial charge is 0.287 e. The van der Waals surface area contributed by atoms with E-state index in [4.69, 9.17) is 9.15 Å². The molecule has 1 saturated carbocycles. The van der Waals surface area contributed by atoms with E-state index >= 15 is 0 Å². The largest absolute Gasteiger partial charge is 0.451 e. The van der Waals surface area contributed by atoms with Crippen LogP contribution in [0, 0.1) is 11.8 Å². The van der Waals surface area contributed by atoms with Crippen LogP contribution in [-0.4, -0.2) is 55.0 Å². The zero-order valence-electron chi connectivity index (χ0n) is 21.2. The van der Waals surface area contributed by atoms with Crippen LogP contribution in [0.5, 0.6) is 0 Å². The number of halogens is 2. The highest BCUT2D eigenvalue weighted by Gasteiger charge is 2.51. The Balaban J connectivity index is 1.27. The molecule has 200 valence electrons. The van der Waals surface area contributed by atoms with Gasteiger partial charge in [0.25, 0.3) is 5.91 Å². The number of benzene rings is 2. The van der Waals surface area contributed by atoms with E-state index in [2.05, 4.69) is 10.6 Å². The molecule has 7 nitrogen and oxygen atoms in total. The maximum atomic E-state index is 14.7. The molecule has 0 radical (unpaired) electrons. The normalized spacial score (nSPS) is 27.9. The minimum Gasteiger partial charge on any atom is -0.451 e. The molecule has 2 amide bonds. The number of methoxy groups -OCH3 is 1. The van der Waals surface area contributed by atoms with Crippen LogP contribution in [-0.2, 0) is 9.53 Å². The van der Waals surface area contributed by atoms with Gasteiger partial charge in [0.1, 0.15) is 5.58 Å². The number of nitrogens with zero attached hydrogens (tertiary/aromatic N) is 1. The van der Waals surface area contributed by atoms with Crippen molar-refractivity contribution in [2.45, 2.75) is 49.7 Å². The van der Waals surface area contributed by atoms with Gasteiger partial charge in [-0.2, -0.15) is 0 Å². The number of furan rings is 1. The van der Waals surface area contributed by atoms with Gasteiger partial charge in [-0.05, 0) is 36.6 Å². The number of fused-ring (bicyclic) bond motifs is 4. The standard InChI is InChI=1S/C29H31F2N3O4/c1-37-16-23-19-11-13-34(26(19)18-7-3-4-8-21(18)32-23)28(36)20-15-29(30,31)12-10-22(20)33-27(35)25-14-17-6-2-5-9-24(17)38-25/h2-9,14,19-20,22-23,26,32H,10-13,15-16H2,1H3,(H,33,35)/t19-,20+,22-,23+,26+/m1/s1. The van der Waals surface area contributed by atoms with E-state index in [9.17, 15) is 18.4 Å². The van der Waals surface area contributed by atoms with E-state index in [0.717, 1.165) is 23.1 Å². The summed E-state index contributed by atoms with van der Waals surface area (Å²) in [6.45, 7) is 0.950. The molecule has 0 bridgehead atoms. The fourth-order valence-corrected chi connectivity index (χ4v) is 6.53. The van der Waals surface area contributed by atoms with E-state index in [-0.39, 0.29) is 42.5 Å². The van der Waals surface area contributed by atoms with E-state index in [1.807, 2.05) is 42.5 Å². The number of alkyl halides is 2. The van der Waals surface area contributed by atoms with Crippen LogP contribution in [0.15, 0.2) is 59.0 Å². The highest BCUT2D eigenvalue weighted by atomic mass is 19.3. The summed E-state index contributed by atoms with van der Waals surface area (Å²) in [7, 11) is 1.65. The molecule has 1 aliphatic carbocycles. The lowest BCUT2D eigenvalue weighted by Crippen LogP contribution is -2.53. The number of ether oxygens (including phenoxy) is 1. The van der Waals surface area contributed by atoms with Gasteiger partial charge in [-0.1, -0.05) is 36.4 Å². The fraction of sp³-hybridized carbons (Fsp3) is 0.448. The molecule has 6 rings (SSSR count). The molecule has 2 aromatic carbocycles. The predicted molar refractivity (Wildman–Crippen MR) is 138 cm³/mol. The molecular formula is C29H31F2N3O4. The van der Waals surface area contributed by atoms with Gasteiger partial charge < -0.3 is 24.7 Å². The zero-order chi connectivity index (χ0) is 26.4. The Hall–Kier alpha value is -3.46. The van der Waals surface area contributed by atoms with Crippen LogP contribution in [0.1, 0.15) is 47.8 Å². The third-order valence-electron chi connectivity index (χ3n) is 8.32. The average molecular weight is 524 g/mol. The number of carbonyl (C=O) groups excluding carboxylic acids is 2. The first-order valence-electron chi connectivity index (χ1n) is 13.2. The van der Waals surface area contributed by atoms with E-state index < -0.39 is 30.2 Å². The molecule has 9 heteroatoms. The maximum absolute atomic E-state index is 14.7. The molecule has 1 saturated heterocycles. The number of para-hydroxylation sites is 2. The van der Waals surface area contributed by atoms with Crippen LogP contribution >= 0.6 is 0 Å². The number of carbonyl (C=O) groups is 2. The Morgan fingerprint density at radius 1 is 1.16 bits per heavy atom. The molecular weight excluding hydrogens is 492 g/mol. The highest BCUT2D eigenvalue weighted by molar-refractivity contribution is 5.96. The van der Waals surface area contributed by atoms with Crippen LogP contribution in [0.25, 0.3) is 11.0 Å². The van der Waals surface area contributed by atoms with Crippen molar-refractivity contribution in [3.05, 3.63) is 65.9 Å². The van der Waals surface area contributed by atoms with Crippen LogP contribution in [0.2, 0.25) is 0 Å². The second-order valence-electron chi connectivity index (χ2n) is 10.7. The van der Waals surface area contributed by atoms with Crippen molar-refractivity contribution in [2.24, 2.45) is 11.8 Å². The van der Waals surface area contributed by atoms with Gasteiger partial charge in [0, 0.05) is 49.5 Å². The molecule has 38 heavy (non-hydrogen) atoms. The summed E-state index contributed by atoms with van der Waals surface area (Å²) in [5.74, 6) is -4.63. The first-order chi connectivity index (χ1) is 18.3. The second kappa shape index (κ2) is 9.69. The topological polar surface area (TPSA) is 83.8 Å². The number of rotatable bonds is 5. The van der Waals surface area contributed by atoms with Crippen LogP contribution in [0.3, 0.4) is 0 Å². The second-order valence-corrected chi connectivity index (χ2v) is 10.7. The van der Waals surface area contributed by atoms with Gasteiger partial charge in [0.15, 0.2) is 5.76 Å². The molecule has 3 aliphatic rings. The SMILES string of the molecule is COC[C@@H]1Nc2ccccc2[C@H]2[C@@H]1CCN2C(=O)[C@H]1CC(F)(F)CC[C@H]1NC(=O)c1cc2ccccc2o1. The summed E-state index contributed by atoms with van der Waals surface area (Å²) < 4.78 is 40.5. The van der Waals surface area contributed by atoms with Gasteiger partial charge >= 0.3 is 0 Å². The van der Waals surface area contributed by atoms with Crippen LogP contribution in [0.4, 0.5) is 14.5 Å². The predicted octanol–water partition coefficient (Wildman–Crippen LogP) is 5.00. The first-order valence-corrected chi connectivity index (χ1v) is 13.2. The third-order valence-corrected chi connectivity index (χ3v) is 8.32. The molecule has 5 atom stereocenters. The number of amides is 2. The van der Waals surface area contributed by atoms with Crippen molar-refractivity contribution >= 4 is 28.5 Å². The maximum Gasteiger partial charge on any atom is 0.287 e. The summed E-state index contributed by atoms with van der Waals surface area (Å²) in [5, 5.41) is 7.17. The Morgan fingerprint density at radius 2 is 1.95 bits per heavy atom. The summed E-state index contributed by atoms with van der Waals surface area (Å²) in [4.78, 5) is 28.9. The van der Waals surface area contributed by atoms with Gasteiger partial charge in [0.05, 0.1) is 24.6 Å². The number of anilines is 1. The monoisotopic (exact) mass is 523 g/mol. The number of hydrogen-bond donors (Lipinski definition) is 2. The van der Waals surface area contributed by atoms with Crippen molar-refractivity contribution in [1.29, 1.82) is 0 Å². The lowest BCUT2D eigenvalue weighted by molar-refractivity contribution is -0.146. The Bertz CT molecular complexity index is 1330. The van der Waals surface area contributed by atoms with Crippen molar-refractivity contribution in [2.75, 3.05) is 25.6 Å². The molecule has 3 heterocycles. The number of likely N-dealkylation sites (tertiary alicyclic amines) is 1. The van der Waals surface area contributed by atoms with Crippen molar-refractivity contribution in [1.82, 2.24) is 10.2 Å². The molecule has 0 unspecified atom stereocenters. The van der Waals surface area contributed by atoms with Gasteiger partial charge in [0.2, 0.25) is 11.8 Å².